The summed E-state index contributed by atoms with van der Waals surface area (Å²) in [6, 6.07) is 10.1. The molecule has 0 aliphatic carbocycles. The third-order valence-corrected chi connectivity index (χ3v) is 3.31. The van der Waals surface area contributed by atoms with E-state index >= 15 is 0 Å². The average molecular weight is 343 g/mol. The highest BCUT2D eigenvalue weighted by Crippen LogP contribution is 2.25. The SMILES string of the molecule is Cl.Cl.c1ccc(COc2cncnc2N2CCNCC2)cc1. The quantitative estimate of drug-likeness (QED) is 0.923. The second kappa shape index (κ2) is 9.46. The van der Waals surface area contributed by atoms with Crippen LogP contribution >= 0.6 is 24.8 Å². The number of nitrogens with one attached hydrogen (secondary N) is 1. The summed E-state index contributed by atoms with van der Waals surface area (Å²) in [6.45, 7) is 4.37. The van der Waals surface area contributed by atoms with E-state index in [1.165, 1.54) is 0 Å². The highest BCUT2D eigenvalue weighted by atomic mass is 35.5. The maximum absolute atomic E-state index is 5.89. The Balaban J connectivity index is 0.00000121. The van der Waals surface area contributed by atoms with Gasteiger partial charge in [0.2, 0.25) is 0 Å². The van der Waals surface area contributed by atoms with E-state index in [1.54, 1.807) is 12.5 Å². The Morgan fingerprint density at radius 2 is 1.82 bits per heavy atom. The molecule has 3 rings (SSSR count). The minimum atomic E-state index is 0. The number of hydrogen-bond donors (Lipinski definition) is 1. The summed E-state index contributed by atoms with van der Waals surface area (Å²) in [6.07, 6.45) is 3.32. The van der Waals surface area contributed by atoms with E-state index in [0.717, 1.165) is 43.3 Å². The van der Waals surface area contributed by atoms with Gasteiger partial charge in [0.25, 0.3) is 0 Å². The predicted molar refractivity (Wildman–Crippen MR) is 92.4 cm³/mol. The number of piperazine rings is 1. The van der Waals surface area contributed by atoms with Crippen molar-refractivity contribution >= 4 is 30.6 Å². The molecule has 7 heteroatoms. The normalized spacial score (nSPS) is 13.7. The van der Waals surface area contributed by atoms with Crippen LogP contribution in [0.4, 0.5) is 5.82 Å². The number of ether oxygens (including phenoxy) is 1. The Hall–Kier alpha value is -1.56. The van der Waals surface area contributed by atoms with Crippen LogP contribution in [-0.2, 0) is 6.61 Å². The van der Waals surface area contributed by atoms with Crippen molar-refractivity contribution in [2.45, 2.75) is 6.61 Å². The fourth-order valence-corrected chi connectivity index (χ4v) is 2.26. The highest BCUT2D eigenvalue weighted by Gasteiger charge is 2.16. The first-order valence-electron chi connectivity index (χ1n) is 6.86. The standard InChI is InChI=1S/C15H18N4O.2ClH/c1-2-4-13(5-3-1)11-20-14-10-17-12-18-15(14)19-8-6-16-7-9-19;;/h1-5,10,12,16H,6-9,11H2;2*1H. The van der Waals surface area contributed by atoms with Crippen LogP contribution in [0.2, 0.25) is 0 Å². The first kappa shape index (κ1) is 18.5. The summed E-state index contributed by atoms with van der Waals surface area (Å²) in [4.78, 5) is 10.7. The second-order valence-electron chi connectivity index (χ2n) is 4.72. The van der Waals surface area contributed by atoms with Gasteiger partial charge in [-0.2, -0.15) is 0 Å². The van der Waals surface area contributed by atoms with Gasteiger partial charge in [0.05, 0.1) is 6.20 Å². The zero-order valence-electron chi connectivity index (χ0n) is 12.1. The van der Waals surface area contributed by atoms with Crippen LogP contribution in [-0.4, -0.2) is 36.1 Å². The van der Waals surface area contributed by atoms with E-state index in [-0.39, 0.29) is 24.8 Å². The minimum absolute atomic E-state index is 0. The molecule has 1 aliphatic heterocycles. The van der Waals surface area contributed by atoms with Crippen molar-refractivity contribution in [2.75, 3.05) is 31.1 Å². The van der Waals surface area contributed by atoms with Gasteiger partial charge in [-0.05, 0) is 5.56 Å². The Labute approximate surface area is 142 Å². The third kappa shape index (κ3) is 4.73. The molecule has 1 saturated heterocycles. The van der Waals surface area contributed by atoms with Crippen LogP contribution < -0.4 is 15.0 Å². The smallest absolute Gasteiger partial charge is 0.180 e. The lowest BCUT2D eigenvalue weighted by molar-refractivity contribution is 0.303. The summed E-state index contributed by atoms with van der Waals surface area (Å²) in [5.74, 6) is 1.63. The fourth-order valence-electron chi connectivity index (χ4n) is 2.26. The molecule has 0 spiro atoms. The van der Waals surface area contributed by atoms with E-state index in [1.807, 2.05) is 30.3 Å². The average Bonchev–Trinajstić information content (AvgIpc) is 2.55. The molecule has 0 unspecified atom stereocenters. The van der Waals surface area contributed by atoms with Crippen LogP contribution in [0, 0.1) is 0 Å². The monoisotopic (exact) mass is 342 g/mol. The first-order chi connectivity index (χ1) is 9.93. The Kier molecular flexibility index (Phi) is 7.95. The summed E-state index contributed by atoms with van der Waals surface area (Å²) >= 11 is 0. The molecular formula is C15H20Cl2N4O. The van der Waals surface area contributed by atoms with E-state index in [4.69, 9.17) is 4.74 Å². The lowest BCUT2D eigenvalue weighted by Crippen LogP contribution is -2.44. The molecule has 1 aromatic heterocycles. The van der Waals surface area contributed by atoms with Crippen LogP contribution in [0.5, 0.6) is 5.75 Å². The second-order valence-corrected chi connectivity index (χ2v) is 4.72. The van der Waals surface area contributed by atoms with Crippen molar-refractivity contribution in [1.82, 2.24) is 15.3 Å². The summed E-state index contributed by atoms with van der Waals surface area (Å²) in [5.41, 5.74) is 1.14. The summed E-state index contributed by atoms with van der Waals surface area (Å²) in [7, 11) is 0. The molecule has 0 atom stereocenters. The number of aromatic nitrogens is 2. The largest absolute Gasteiger partial charge is 0.483 e. The maximum atomic E-state index is 5.89. The minimum Gasteiger partial charge on any atom is -0.483 e. The molecule has 0 saturated carbocycles. The van der Waals surface area contributed by atoms with Gasteiger partial charge in [-0.3, -0.25) is 0 Å². The molecule has 0 amide bonds. The number of hydrogen-bond acceptors (Lipinski definition) is 5. The number of halogens is 2. The Bertz CT molecular complexity index is 550. The van der Waals surface area contributed by atoms with Gasteiger partial charge in [-0.15, -0.1) is 24.8 Å². The maximum Gasteiger partial charge on any atom is 0.180 e. The highest BCUT2D eigenvalue weighted by molar-refractivity contribution is 5.85. The van der Waals surface area contributed by atoms with Gasteiger partial charge in [-0.1, -0.05) is 30.3 Å². The molecule has 1 fully saturated rings. The molecule has 120 valence electrons. The topological polar surface area (TPSA) is 50.3 Å². The van der Waals surface area contributed by atoms with Crippen LogP contribution in [0.1, 0.15) is 5.56 Å². The lowest BCUT2D eigenvalue weighted by Gasteiger charge is -2.29. The van der Waals surface area contributed by atoms with Gasteiger partial charge in [-0.25, -0.2) is 9.97 Å². The van der Waals surface area contributed by atoms with Gasteiger partial charge < -0.3 is 15.0 Å². The predicted octanol–water partition coefficient (Wildman–Crippen LogP) is 2.31. The summed E-state index contributed by atoms with van der Waals surface area (Å²) < 4.78 is 5.89. The Morgan fingerprint density at radius 1 is 1.09 bits per heavy atom. The molecule has 2 aromatic rings. The zero-order valence-corrected chi connectivity index (χ0v) is 13.8. The first-order valence-corrected chi connectivity index (χ1v) is 6.86. The van der Waals surface area contributed by atoms with Gasteiger partial charge >= 0.3 is 0 Å². The van der Waals surface area contributed by atoms with E-state index in [9.17, 15) is 0 Å². The van der Waals surface area contributed by atoms with Gasteiger partial charge in [0, 0.05) is 26.2 Å². The van der Waals surface area contributed by atoms with E-state index < -0.39 is 0 Å². The molecular weight excluding hydrogens is 323 g/mol. The van der Waals surface area contributed by atoms with Crippen LogP contribution in [0.15, 0.2) is 42.9 Å². The fraction of sp³-hybridized carbons (Fsp3) is 0.333. The van der Waals surface area contributed by atoms with Crippen molar-refractivity contribution in [2.24, 2.45) is 0 Å². The molecule has 1 aromatic carbocycles. The molecule has 1 N–H and O–H groups in total. The Morgan fingerprint density at radius 3 is 2.55 bits per heavy atom. The zero-order chi connectivity index (χ0) is 13.6. The molecule has 0 bridgehead atoms. The van der Waals surface area contributed by atoms with Crippen molar-refractivity contribution in [3.63, 3.8) is 0 Å². The van der Waals surface area contributed by atoms with E-state index in [2.05, 4.69) is 20.2 Å². The number of anilines is 1. The van der Waals surface area contributed by atoms with Gasteiger partial charge in [0.1, 0.15) is 12.9 Å². The molecule has 1 aliphatic rings. The van der Waals surface area contributed by atoms with Crippen molar-refractivity contribution in [3.8, 4) is 5.75 Å². The number of nitrogens with zero attached hydrogens (tertiary/aromatic N) is 3. The number of benzene rings is 1. The van der Waals surface area contributed by atoms with E-state index in [0.29, 0.717) is 6.61 Å². The molecule has 22 heavy (non-hydrogen) atoms. The van der Waals surface area contributed by atoms with Gasteiger partial charge in [0.15, 0.2) is 11.6 Å². The number of rotatable bonds is 4. The summed E-state index contributed by atoms with van der Waals surface area (Å²) in [5, 5.41) is 3.34. The van der Waals surface area contributed by atoms with Crippen LogP contribution in [0.3, 0.4) is 0 Å². The lowest BCUT2D eigenvalue weighted by atomic mass is 10.2. The molecule has 2 heterocycles. The van der Waals surface area contributed by atoms with Crippen molar-refractivity contribution in [1.29, 1.82) is 0 Å². The van der Waals surface area contributed by atoms with Crippen molar-refractivity contribution < 1.29 is 4.74 Å². The molecule has 5 nitrogen and oxygen atoms in total. The van der Waals surface area contributed by atoms with Crippen molar-refractivity contribution in [3.05, 3.63) is 48.4 Å². The third-order valence-electron chi connectivity index (χ3n) is 3.31. The van der Waals surface area contributed by atoms with Crippen LogP contribution in [0.25, 0.3) is 0 Å². The molecule has 0 radical (unpaired) electrons.